The number of hydrogen-bond acceptors (Lipinski definition) is 22. The molecule has 0 aromatic heterocycles. The van der Waals surface area contributed by atoms with Crippen molar-refractivity contribution in [2.75, 3.05) is 49.3 Å². The molecule has 30 nitrogen and oxygen atoms in total. The second kappa shape index (κ2) is 30.3. The zero-order valence-electron chi connectivity index (χ0n) is 58.7. The minimum absolute atomic E-state index is 0.0671. The second-order valence-electron chi connectivity index (χ2n) is 25.7. The van der Waals surface area contributed by atoms with Gasteiger partial charge in [0.2, 0.25) is 0 Å². The van der Waals surface area contributed by atoms with Crippen molar-refractivity contribution in [2.24, 2.45) is 0 Å². The van der Waals surface area contributed by atoms with Crippen molar-refractivity contribution in [3.8, 4) is 5.75 Å². The lowest BCUT2D eigenvalue weighted by Crippen LogP contribution is -2.33. The van der Waals surface area contributed by atoms with Crippen molar-refractivity contribution < 1.29 is 100 Å². The summed E-state index contributed by atoms with van der Waals surface area (Å²) in [7, 11) is -34.4. The molecule has 8 aliphatic rings. The highest BCUT2D eigenvalue weighted by Crippen LogP contribution is 2.46. The Bertz CT molecular complexity index is 6490. The highest BCUT2D eigenvalue weighted by molar-refractivity contribution is 8.14. The number of ether oxygens (including phenoxy) is 2. The number of sulfonamides is 8. The van der Waals surface area contributed by atoms with Crippen LogP contribution in [-0.2, 0) is 106 Å². The molecule has 0 radical (unpaired) electrons. The number of halogens is 1. The quantitative estimate of drug-likeness (QED) is 0.0883. The standard InChI is InChI=1S/C21H16N2O6S2.C18H13FN2O5S2.C18H18N2O6S2.C18H14N2O5S2/c24-21(15-8-9-18-14(12-15)10-11-29-18)22-16-4-3-5-17(13-16)23-30(25,26)19-6-1-2-7-20(19)31(23,27)28;19-14-10-9-13(11-15(14)20-18(22)12-5-1-2-6-12)21-27(23,24)16-7-3-4-8-17(16)28(21,25)26;21-18(15-8-3-4-11-26-15)19-13-6-5-7-14(12-13)20-27(22,23)16-9-1-2-10-17(16)28(20,24)25;21-18(13-6-1-2-7-13)19-14-8-5-9-15(12-14)20-26(22,23)16-10-3-4-11-17(16)27(20,24)25/h1-9,12-13H,10-11H2,(H,22,24);1-5,7-11H,6H2,(H,20,22);1-2,5-7,9-10,12,15H,3-4,8,11H2,(H,19,21);1-6,8-12H,7H2,(H,19,21). The van der Waals surface area contributed by atoms with E-state index in [0.717, 1.165) is 48.8 Å². The molecule has 6 aliphatic heterocycles. The Hall–Kier alpha value is -11.7. The Kier molecular flexibility index (Phi) is 21.0. The van der Waals surface area contributed by atoms with Gasteiger partial charge in [-0.2, -0.15) is 82.2 Å². The van der Waals surface area contributed by atoms with Gasteiger partial charge in [-0.3, -0.25) is 19.2 Å². The number of benzene rings is 9. The van der Waals surface area contributed by atoms with Gasteiger partial charge in [-0.05, 0) is 177 Å². The minimum Gasteiger partial charge on any atom is -0.493 e. The molecule has 1 saturated heterocycles. The number of amides is 4. The molecule has 17 rings (SSSR count). The van der Waals surface area contributed by atoms with Crippen LogP contribution in [0.5, 0.6) is 5.75 Å². The van der Waals surface area contributed by atoms with Gasteiger partial charge in [0.05, 0.1) is 35.0 Å². The van der Waals surface area contributed by atoms with Crippen LogP contribution >= 0.6 is 0 Å². The predicted octanol–water partition coefficient (Wildman–Crippen LogP) is 9.82. The number of carbonyl (C=O) groups is 4. The van der Waals surface area contributed by atoms with Gasteiger partial charge in [-0.25, -0.2) is 4.39 Å². The summed E-state index contributed by atoms with van der Waals surface area (Å²) in [4.78, 5) is 47.1. The monoisotopic (exact) mass is 1700 g/mol. The first kappa shape index (κ1) is 79.0. The molecular formula is C75H61FN8O22S8. The second-order valence-corrected chi connectivity index (χ2v) is 40.7. The highest BCUT2D eigenvalue weighted by atomic mass is 32.3. The number of rotatable bonds is 12. The van der Waals surface area contributed by atoms with E-state index in [0.29, 0.717) is 66.0 Å². The summed E-state index contributed by atoms with van der Waals surface area (Å²) in [5.41, 5.74) is 2.33. The van der Waals surface area contributed by atoms with E-state index in [9.17, 15) is 90.9 Å². The number of nitrogens with one attached hydrogen (secondary N) is 4. The molecule has 0 saturated carbocycles. The zero-order chi connectivity index (χ0) is 81.1. The number of carbonyl (C=O) groups excluding carboxylic acids is 4. The molecule has 1 unspecified atom stereocenters. The molecule has 1 fully saturated rings. The first-order valence-corrected chi connectivity index (χ1v) is 45.7. The Morgan fingerprint density at radius 3 is 1.11 bits per heavy atom. The minimum atomic E-state index is -4.39. The molecule has 1 atom stereocenters. The van der Waals surface area contributed by atoms with Gasteiger partial charge < -0.3 is 30.7 Å². The van der Waals surface area contributed by atoms with Crippen LogP contribution in [-0.4, -0.2) is 110 Å². The summed E-state index contributed by atoms with van der Waals surface area (Å²) in [6, 6.07) is 46.8. The van der Waals surface area contributed by atoms with Gasteiger partial charge in [-0.15, -0.1) is 0 Å². The lowest BCUT2D eigenvalue weighted by molar-refractivity contribution is -0.130. The molecular weight excluding hydrogens is 1640 g/mol. The first-order chi connectivity index (χ1) is 54.1. The van der Waals surface area contributed by atoms with Crippen LogP contribution in [0.1, 0.15) is 48.0 Å². The molecule has 588 valence electrons. The molecule has 114 heavy (non-hydrogen) atoms. The molecule has 2 aliphatic carbocycles. The van der Waals surface area contributed by atoms with E-state index in [1.165, 1.54) is 152 Å². The molecule has 4 amide bonds. The van der Waals surface area contributed by atoms with Crippen LogP contribution in [0, 0.1) is 5.82 Å². The van der Waals surface area contributed by atoms with E-state index in [-0.39, 0.29) is 94.5 Å². The third-order valence-electron chi connectivity index (χ3n) is 18.3. The maximum atomic E-state index is 14.2. The maximum absolute atomic E-state index is 14.2. The van der Waals surface area contributed by atoms with Gasteiger partial charge in [-0.1, -0.05) is 103 Å². The zero-order valence-corrected chi connectivity index (χ0v) is 65.3. The Morgan fingerprint density at radius 1 is 0.368 bits per heavy atom. The van der Waals surface area contributed by atoms with Crippen molar-refractivity contribution >= 4 is 149 Å². The third kappa shape index (κ3) is 14.6. The number of fused-ring (bicyclic) bond motifs is 5. The topological polar surface area (TPSA) is 421 Å². The summed E-state index contributed by atoms with van der Waals surface area (Å²) in [6.07, 6.45) is 13.8. The lowest BCUT2D eigenvalue weighted by atomic mass is 10.1. The largest absolute Gasteiger partial charge is 0.493 e. The normalized spacial score (nSPS) is 19.3. The van der Waals surface area contributed by atoms with E-state index < -0.39 is 104 Å². The molecule has 0 spiro atoms. The van der Waals surface area contributed by atoms with Crippen molar-refractivity contribution in [1.82, 2.24) is 0 Å². The lowest BCUT2D eigenvalue weighted by Gasteiger charge is -2.22. The van der Waals surface area contributed by atoms with Crippen LogP contribution in [0.4, 0.5) is 49.9 Å². The molecule has 9 aromatic carbocycles. The smallest absolute Gasteiger partial charge is 0.279 e. The number of allylic oxidation sites excluding steroid dienone is 6. The summed E-state index contributed by atoms with van der Waals surface area (Å²) in [5, 5.41) is 10.4. The van der Waals surface area contributed by atoms with E-state index in [4.69, 9.17) is 9.47 Å². The Morgan fingerprint density at radius 2 is 0.737 bits per heavy atom. The van der Waals surface area contributed by atoms with Gasteiger partial charge in [0, 0.05) is 46.8 Å². The highest BCUT2D eigenvalue weighted by Gasteiger charge is 2.51. The SMILES string of the molecule is O=C(Nc1cc(N2S(=O)(=O)c3ccccc3S2(=O)=O)ccc1F)C1=CC=CC1.O=C(Nc1cccc(N2S(=O)(=O)c3ccccc3S2(=O)=O)c1)C1=CC=CC1.O=C(Nc1cccc(N2S(=O)(=O)c3ccccc3S2(=O)=O)c1)C1CCCCO1.O=C(Nc1cccc(N2S(=O)(=O)c3ccccc3S2(=O)=O)c1)c1ccc2c(c1)CCO2. The van der Waals surface area contributed by atoms with E-state index in [2.05, 4.69) is 21.3 Å². The molecule has 9 aromatic rings. The van der Waals surface area contributed by atoms with Crippen molar-refractivity contribution in [1.29, 1.82) is 0 Å². The van der Waals surface area contributed by atoms with E-state index >= 15 is 0 Å². The average Bonchev–Trinajstić information content (AvgIpc) is 1.58. The molecule has 6 heterocycles. The fraction of sp³-hybridized carbons (Fsp3) is 0.120. The Balaban J connectivity index is 0.000000126. The molecule has 39 heteroatoms. The van der Waals surface area contributed by atoms with E-state index in [1.54, 1.807) is 66.8 Å². The first-order valence-electron chi connectivity index (χ1n) is 34.2. The van der Waals surface area contributed by atoms with Crippen LogP contribution in [0.2, 0.25) is 0 Å². The van der Waals surface area contributed by atoms with Gasteiger partial charge in [0.1, 0.15) is 56.8 Å². The predicted molar refractivity (Wildman–Crippen MR) is 416 cm³/mol. The number of anilines is 8. The van der Waals surface area contributed by atoms with Gasteiger partial charge in [0.15, 0.2) is 0 Å². The third-order valence-corrected chi connectivity index (χ3v) is 36.0. The van der Waals surface area contributed by atoms with E-state index in [1.807, 2.05) is 6.08 Å². The maximum Gasteiger partial charge on any atom is 0.279 e. The number of nitrogens with zero attached hydrogens (tertiary/aromatic N) is 4. The van der Waals surface area contributed by atoms with Crippen molar-refractivity contribution in [3.63, 3.8) is 0 Å². The van der Waals surface area contributed by atoms with Crippen LogP contribution in [0.15, 0.2) is 293 Å². The fourth-order valence-corrected chi connectivity index (χ4v) is 30.7. The van der Waals surface area contributed by atoms with Crippen molar-refractivity contribution in [2.45, 2.75) is 83.8 Å². The van der Waals surface area contributed by atoms with Crippen LogP contribution in [0.25, 0.3) is 0 Å². The summed E-state index contributed by atoms with van der Waals surface area (Å²) >= 11 is 0. The molecule has 4 N–H and O–H groups in total. The summed E-state index contributed by atoms with van der Waals surface area (Å²) in [6.45, 7) is 1.09. The number of hydrogen-bond donors (Lipinski definition) is 4. The van der Waals surface area contributed by atoms with Crippen LogP contribution in [0.3, 0.4) is 0 Å². The summed E-state index contributed by atoms with van der Waals surface area (Å²) < 4.78 is 232. The fourth-order valence-electron chi connectivity index (χ4n) is 13.0. The Labute approximate surface area is 654 Å². The van der Waals surface area contributed by atoms with Crippen molar-refractivity contribution in [3.05, 3.63) is 271 Å². The van der Waals surface area contributed by atoms with Gasteiger partial charge in [0.25, 0.3) is 104 Å². The van der Waals surface area contributed by atoms with Gasteiger partial charge >= 0.3 is 0 Å². The molecule has 0 bridgehead atoms. The summed E-state index contributed by atoms with van der Waals surface area (Å²) in [5.74, 6) is -1.70. The van der Waals surface area contributed by atoms with Crippen LogP contribution < -0.4 is 40.8 Å². The average molecular weight is 1700 g/mol.